The molecule has 1 saturated heterocycles. The van der Waals surface area contributed by atoms with Gasteiger partial charge in [-0.1, -0.05) is 12.1 Å². The van der Waals surface area contributed by atoms with Gasteiger partial charge >= 0.3 is 6.03 Å². The average Bonchev–Trinajstić information content (AvgIpc) is 2.95. The quantitative estimate of drug-likeness (QED) is 0.882. The predicted octanol–water partition coefficient (Wildman–Crippen LogP) is 3.68. The van der Waals surface area contributed by atoms with Crippen molar-refractivity contribution in [1.82, 2.24) is 5.32 Å². The first-order valence-corrected chi connectivity index (χ1v) is 8.58. The molecule has 1 heterocycles. The SMILES string of the molecule is Cc1cc(N2CCC(NC(=O)Nc3cccc(C)c3C)C2=O)ccc1F. The molecule has 0 saturated carbocycles. The van der Waals surface area contributed by atoms with Gasteiger partial charge < -0.3 is 15.5 Å². The molecule has 3 rings (SSSR count). The number of anilines is 2. The molecule has 1 unspecified atom stereocenters. The lowest BCUT2D eigenvalue weighted by Gasteiger charge is -2.18. The summed E-state index contributed by atoms with van der Waals surface area (Å²) in [6.45, 7) is 6.05. The standard InChI is InChI=1S/C20H22FN3O2/c1-12-5-4-6-17(14(12)3)22-20(26)23-18-9-10-24(19(18)25)15-7-8-16(21)13(2)11-15/h4-8,11,18H,9-10H2,1-3H3,(H2,22,23,26). The Bertz CT molecular complexity index is 866. The fraction of sp³-hybridized carbons (Fsp3) is 0.300. The van der Waals surface area contributed by atoms with Crippen LogP contribution in [0.15, 0.2) is 36.4 Å². The zero-order chi connectivity index (χ0) is 18.8. The summed E-state index contributed by atoms with van der Waals surface area (Å²) in [6, 6.07) is 9.25. The Morgan fingerprint density at radius 1 is 1.15 bits per heavy atom. The first-order valence-electron chi connectivity index (χ1n) is 8.58. The average molecular weight is 355 g/mol. The Morgan fingerprint density at radius 3 is 2.65 bits per heavy atom. The first kappa shape index (κ1) is 17.9. The molecule has 3 amide bonds. The van der Waals surface area contributed by atoms with Crippen LogP contribution < -0.4 is 15.5 Å². The van der Waals surface area contributed by atoms with Gasteiger partial charge in [-0.25, -0.2) is 9.18 Å². The summed E-state index contributed by atoms with van der Waals surface area (Å²) in [7, 11) is 0. The van der Waals surface area contributed by atoms with Gasteiger partial charge in [0.15, 0.2) is 0 Å². The fourth-order valence-corrected chi connectivity index (χ4v) is 3.07. The smallest absolute Gasteiger partial charge is 0.319 e. The van der Waals surface area contributed by atoms with Crippen LogP contribution in [-0.4, -0.2) is 24.5 Å². The van der Waals surface area contributed by atoms with E-state index in [1.807, 2.05) is 32.0 Å². The van der Waals surface area contributed by atoms with E-state index in [9.17, 15) is 14.0 Å². The van der Waals surface area contributed by atoms with Crippen LogP contribution in [0.3, 0.4) is 0 Å². The Hall–Kier alpha value is -2.89. The van der Waals surface area contributed by atoms with Gasteiger partial charge in [-0.05, 0) is 68.1 Å². The number of benzene rings is 2. The third kappa shape index (κ3) is 3.54. The summed E-state index contributed by atoms with van der Waals surface area (Å²) in [4.78, 5) is 26.5. The number of urea groups is 1. The highest BCUT2D eigenvalue weighted by atomic mass is 19.1. The molecular weight excluding hydrogens is 333 g/mol. The van der Waals surface area contributed by atoms with Crippen LogP contribution in [-0.2, 0) is 4.79 Å². The summed E-state index contributed by atoms with van der Waals surface area (Å²) in [6.07, 6.45) is 0.509. The van der Waals surface area contributed by atoms with Crippen molar-refractivity contribution in [3.05, 3.63) is 58.9 Å². The van der Waals surface area contributed by atoms with Crippen molar-refractivity contribution in [2.24, 2.45) is 0 Å². The van der Waals surface area contributed by atoms with E-state index in [2.05, 4.69) is 10.6 Å². The maximum atomic E-state index is 13.4. The molecule has 0 aromatic heterocycles. The highest BCUT2D eigenvalue weighted by Crippen LogP contribution is 2.24. The van der Waals surface area contributed by atoms with E-state index in [-0.39, 0.29) is 11.7 Å². The molecule has 26 heavy (non-hydrogen) atoms. The summed E-state index contributed by atoms with van der Waals surface area (Å²) in [5, 5.41) is 5.53. The highest BCUT2D eigenvalue weighted by Gasteiger charge is 2.33. The van der Waals surface area contributed by atoms with Gasteiger partial charge in [-0.15, -0.1) is 0 Å². The second-order valence-corrected chi connectivity index (χ2v) is 6.61. The van der Waals surface area contributed by atoms with E-state index < -0.39 is 12.1 Å². The molecule has 2 aromatic rings. The van der Waals surface area contributed by atoms with Crippen molar-refractivity contribution < 1.29 is 14.0 Å². The maximum absolute atomic E-state index is 13.4. The zero-order valence-electron chi connectivity index (χ0n) is 15.1. The predicted molar refractivity (Wildman–Crippen MR) is 100.0 cm³/mol. The molecule has 5 nitrogen and oxygen atoms in total. The van der Waals surface area contributed by atoms with E-state index in [1.165, 1.54) is 6.07 Å². The van der Waals surface area contributed by atoms with Crippen LogP contribution in [0.4, 0.5) is 20.6 Å². The molecular formula is C20H22FN3O2. The van der Waals surface area contributed by atoms with E-state index in [4.69, 9.17) is 0 Å². The molecule has 1 aliphatic rings. The van der Waals surface area contributed by atoms with Crippen LogP contribution >= 0.6 is 0 Å². The van der Waals surface area contributed by atoms with Crippen LogP contribution in [0.1, 0.15) is 23.1 Å². The van der Waals surface area contributed by atoms with E-state index in [0.29, 0.717) is 24.2 Å². The van der Waals surface area contributed by atoms with Crippen molar-refractivity contribution >= 4 is 23.3 Å². The number of aryl methyl sites for hydroxylation is 2. The number of nitrogens with one attached hydrogen (secondary N) is 2. The normalized spacial score (nSPS) is 16.7. The second-order valence-electron chi connectivity index (χ2n) is 6.61. The monoisotopic (exact) mass is 355 g/mol. The highest BCUT2D eigenvalue weighted by molar-refractivity contribution is 6.02. The minimum absolute atomic E-state index is 0.188. The van der Waals surface area contributed by atoms with Gasteiger partial charge in [-0.3, -0.25) is 4.79 Å². The van der Waals surface area contributed by atoms with Gasteiger partial charge in [0.05, 0.1) is 0 Å². The van der Waals surface area contributed by atoms with Gasteiger partial charge in [0.25, 0.3) is 0 Å². The molecule has 0 aliphatic carbocycles. The van der Waals surface area contributed by atoms with Gasteiger partial charge in [0, 0.05) is 17.9 Å². The minimum Gasteiger partial charge on any atom is -0.326 e. The Balaban J connectivity index is 1.66. The molecule has 2 aromatic carbocycles. The number of halogens is 1. The first-order chi connectivity index (χ1) is 12.4. The lowest BCUT2D eigenvalue weighted by Crippen LogP contribution is -2.43. The molecule has 0 bridgehead atoms. The molecule has 0 radical (unpaired) electrons. The van der Waals surface area contributed by atoms with E-state index >= 15 is 0 Å². The lowest BCUT2D eigenvalue weighted by molar-refractivity contribution is -0.118. The van der Waals surface area contributed by atoms with Crippen molar-refractivity contribution in [1.29, 1.82) is 0 Å². The topological polar surface area (TPSA) is 61.4 Å². The molecule has 0 spiro atoms. The molecule has 1 fully saturated rings. The second kappa shape index (κ2) is 7.15. The van der Waals surface area contributed by atoms with Crippen LogP contribution in [0, 0.1) is 26.6 Å². The van der Waals surface area contributed by atoms with Crippen LogP contribution in [0.25, 0.3) is 0 Å². The van der Waals surface area contributed by atoms with Crippen molar-refractivity contribution in [3.63, 3.8) is 0 Å². The van der Waals surface area contributed by atoms with E-state index in [0.717, 1.165) is 16.8 Å². The van der Waals surface area contributed by atoms with Crippen molar-refractivity contribution in [2.45, 2.75) is 33.2 Å². The van der Waals surface area contributed by atoms with Gasteiger partial charge in [0.2, 0.25) is 5.91 Å². The van der Waals surface area contributed by atoms with Crippen LogP contribution in [0.5, 0.6) is 0 Å². The Labute approximate surface area is 152 Å². The number of carbonyl (C=O) groups excluding carboxylic acids is 2. The van der Waals surface area contributed by atoms with Gasteiger partial charge in [0.1, 0.15) is 11.9 Å². The number of amides is 3. The Kier molecular flexibility index (Phi) is 4.93. The molecule has 1 atom stereocenters. The summed E-state index contributed by atoms with van der Waals surface area (Å²) >= 11 is 0. The van der Waals surface area contributed by atoms with Gasteiger partial charge in [-0.2, -0.15) is 0 Å². The Morgan fingerprint density at radius 2 is 1.92 bits per heavy atom. The molecule has 2 N–H and O–H groups in total. The summed E-state index contributed by atoms with van der Waals surface area (Å²) < 4.78 is 13.4. The van der Waals surface area contributed by atoms with Crippen molar-refractivity contribution in [3.8, 4) is 0 Å². The molecule has 6 heteroatoms. The number of carbonyl (C=O) groups is 2. The molecule has 136 valence electrons. The zero-order valence-corrected chi connectivity index (χ0v) is 15.1. The largest absolute Gasteiger partial charge is 0.326 e. The number of hydrogen-bond donors (Lipinski definition) is 2. The number of hydrogen-bond acceptors (Lipinski definition) is 2. The summed E-state index contributed by atoms with van der Waals surface area (Å²) in [5.41, 5.74) is 3.92. The third-order valence-electron chi connectivity index (χ3n) is 4.82. The summed E-state index contributed by atoms with van der Waals surface area (Å²) in [5.74, 6) is -0.491. The lowest BCUT2D eigenvalue weighted by atomic mass is 10.1. The third-order valence-corrected chi connectivity index (χ3v) is 4.82. The van der Waals surface area contributed by atoms with E-state index in [1.54, 1.807) is 24.0 Å². The maximum Gasteiger partial charge on any atom is 0.319 e. The van der Waals surface area contributed by atoms with Crippen molar-refractivity contribution in [2.75, 3.05) is 16.8 Å². The molecule has 1 aliphatic heterocycles. The number of nitrogens with zero attached hydrogens (tertiary/aromatic N) is 1. The number of rotatable bonds is 3. The minimum atomic E-state index is -0.592. The fourth-order valence-electron chi connectivity index (χ4n) is 3.07. The van der Waals surface area contributed by atoms with Crippen LogP contribution in [0.2, 0.25) is 0 Å².